The van der Waals surface area contributed by atoms with Gasteiger partial charge < -0.3 is 9.94 Å². The number of carboxylic acid groups (broad SMARTS) is 1. The monoisotopic (exact) mass is 389 g/mol. The van der Waals surface area contributed by atoms with Crippen molar-refractivity contribution < 1.29 is 14.7 Å². The molecule has 4 nitrogen and oxygen atoms in total. The maximum atomic E-state index is 11.5. The normalized spacial score (nSPS) is 12.2. The number of aromatic carboxylic acids is 1. The van der Waals surface area contributed by atoms with E-state index in [1.807, 2.05) is 42.5 Å². The second kappa shape index (κ2) is 9.23. The summed E-state index contributed by atoms with van der Waals surface area (Å²) in [5, 5.41) is 13.1. The number of alkyl halides is 1. The average molecular weight is 390 g/mol. The molecule has 0 amide bonds. The zero-order valence-electron chi connectivity index (χ0n) is 13.5. The van der Waals surface area contributed by atoms with Gasteiger partial charge in [-0.05, 0) is 42.0 Å². The summed E-state index contributed by atoms with van der Waals surface area (Å²) < 4.78 is 0. The van der Waals surface area contributed by atoms with Gasteiger partial charge in [0.25, 0.3) is 0 Å². The van der Waals surface area contributed by atoms with Gasteiger partial charge in [-0.3, -0.25) is 0 Å². The van der Waals surface area contributed by atoms with Crippen LogP contribution in [0.2, 0.25) is 0 Å². The maximum Gasteiger partial charge on any atom is 0.335 e. The van der Waals surface area contributed by atoms with E-state index in [0.29, 0.717) is 12.0 Å². The van der Waals surface area contributed by atoms with Crippen LogP contribution in [0.1, 0.15) is 28.8 Å². The molecule has 0 saturated carbocycles. The molecule has 1 atom stereocenters. The minimum absolute atomic E-state index is 0.171. The summed E-state index contributed by atoms with van der Waals surface area (Å²) >= 11 is 3.64. The van der Waals surface area contributed by atoms with Crippen molar-refractivity contribution >= 4 is 28.1 Å². The molecule has 2 rings (SSSR count). The van der Waals surface area contributed by atoms with E-state index in [9.17, 15) is 9.90 Å². The van der Waals surface area contributed by atoms with E-state index in [4.69, 9.17) is 0 Å². The SMILES string of the molecule is CON=CCCC(Br)Cc1cc(-c2ccccc2)ccc1C(=O)O. The molecule has 0 aliphatic rings. The second-order valence-corrected chi connectivity index (χ2v) is 6.69. The van der Waals surface area contributed by atoms with Crippen LogP contribution in [0.15, 0.2) is 53.7 Å². The highest BCUT2D eigenvalue weighted by Crippen LogP contribution is 2.25. The number of benzene rings is 2. The summed E-state index contributed by atoms with van der Waals surface area (Å²) in [5.74, 6) is -0.898. The van der Waals surface area contributed by atoms with Gasteiger partial charge in [-0.15, -0.1) is 0 Å². The molecule has 0 heterocycles. The number of hydrogen-bond donors (Lipinski definition) is 1. The van der Waals surface area contributed by atoms with E-state index >= 15 is 0 Å². The first kappa shape index (κ1) is 18.2. The topological polar surface area (TPSA) is 58.9 Å². The van der Waals surface area contributed by atoms with Gasteiger partial charge in [0, 0.05) is 11.0 Å². The molecule has 0 bridgehead atoms. The highest BCUT2D eigenvalue weighted by atomic mass is 79.9. The number of carbonyl (C=O) groups is 1. The Morgan fingerprint density at radius 3 is 2.67 bits per heavy atom. The minimum Gasteiger partial charge on any atom is -0.478 e. The first-order valence-electron chi connectivity index (χ1n) is 7.72. The number of carboxylic acids is 1. The summed E-state index contributed by atoms with van der Waals surface area (Å²) in [5.41, 5.74) is 3.28. The lowest BCUT2D eigenvalue weighted by molar-refractivity contribution is 0.0695. The molecule has 0 spiro atoms. The Kier molecular flexibility index (Phi) is 7.00. The Labute approximate surface area is 150 Å². The number of oxime groups is 1. The molecule has 24 heavy (non-hydrogen) atoms. The summed E-state index contributed by atoms with van der Waals surface area (Å²) in [6.07, 6.45) is 3.97. The van der Waals surface area contributed by atoms with Crippen LogP contribution in [0.3, 0.4) is 0 Å². The number of rotatable bonds is 8. The standard InChI is InChI=1S/C19H20BrNO3/c1-24-21-11-5-8-17(20)13-16-12-15(9-10-18(16)19(22)23)14-6-3-2-4-7-14/h2-4,6-7,9-12,17H,5,8,13H2,1H3,(H,22,23). The van der Waals surface area contributed by atoms with E-state index in [1.54, 1.807) is 12.3 Å². The Balaban J connectivity index is 2.19. The van der Waals surface area contributed by atoms with Gasteiger partial charge in [0.15, 0.2) is 0 Å². The first-order valence-corrected chi connectivity index (χ1v) is 8.64. The van der Waals surface area contributed by atoms with E-state index in [1.165, 1.54) is 7.11 Å². The smallest absolute Gasteiger partial charge is 0.335 e. The number of halogens is 1. The lowest BCUT2D eigenvalue weighted by atomic mass is 9.95. The van der Waals surface area contributed by atoms with Crippen LogP contribution in [-0.4, -0.2) is 29.2 Å². The molecule has 0 aliphatic carbocycles. The third-order valence-corrected chi connectivity index (χ3v) is 4.45. The van der Waals surface area contributed by atoms with Crippen molar-refractivity contribution in [2.75, 3.05) is 7.11 Å². The van der Waals surface area contributed by atoms with Crippen molar-refractivity contribution in [1.29, 1.82) is 0 Å². The van der Waals surface area contributed by atoms with E-state index < -0.39 is 5.97 Å². The molecule has 126 valence electrons. The molecule has 0 fully saturated rings. The van der Waals surface area contributed by atoms with E-state index in [0.717, 1.165) is 29.5 Å². The fourth-order valence-electron chi connectivity index (χ4n) is 2.50. The Hall–Kier alpha value is -2.14. The molecular weight excluding hydrogens is 370 g/mol. The van der Waals surface area contributed by atoms with Gasteiger partial charge in [-0.25, -0.2) is 4.79 Å². The zero-order valence-corrected chi connectivity index (χ0v) is 15.1. The Bertz CT molecular complexity index is 701. The minimum atomic E-state index is -0.898. The van der Waals surface area contributed by atoms with E-state index in [-0.39, 0.29) is 4.83 Å². The van der Waals surface area contributed by atoms with Gasteiger partial charge >= 0.3 is 5.97 Å². The van der Waals surface area contributed by atoms with Crippen molar-refractivity contribution in [2.24, 2.45) is 5.16 Å². The van der Waals surface area contributed by atoms with Crippen LogP contribution < -0.4 is 0 Å². The lowest BCUT2D eigenvalue weighted by Gasteiger charge is -2.13. The fraction of sp³-hybridized carbons (Fsp3) is 0.263. The first-order chi connectivity index (χ1) is 11.6. The predicted molar refractivity (Wildman–Crippen MR) is 100.0 cm³/mol. The Morgan fingerprint density at radius 1 is 1.25 bits per heavy atom. The van der Waals surface area contributed by atoms with Crippen molar-refractivity contribution in [3.8, 4) is 11.1 Å². The molecule has 5 heteroatoms. The number of hydrogen-bond acceptors (Lipinski definition) is 3. The maximum absolute atomic E-state index is 11.5. The Morgan fingerprint density at radius 2 is 2.00 bits per heavy atom. The summed E-state index contributed by atoms with van der Waals surface area (Å²) in [6, 6.07) is 15.5. The zero-order chi connectivity index (χ0) is 17.4. The van der Waals surface area contributed by atoms with Gasteiger partial charge in [-0.2, -0.15) is 0 Å². The quantitative estimate of drug-likeness (QED) is 0.401. The van der Waals surface area contributed by atoms with Crippen LogP contribution in [-0.2, 0) is 11.3 Å². The third-order valence-electron chi connectivity index (χ3n) is 3.67. The highest BCUT2D eigenvalue weighted by molar-refractivity contribution is 9.09. The van der Waals surface area contributed by atoms with Gasteiger partial charge in [0.2, 0.25) is 0 Å². The molecule has 0 radical (unpaired) electrons. The molecule has 1 N–H and O–H groups in total. The van der Waals surface area contributed by atoms with Crippen LogP contribution in [0, 0.1) is 0 Å². The predicted octanol–water partition coefficient (Wildman–Crippen LogP) is 4.77. The summed E-state index contributed by atoms with van der Waals surface area (Å²) in [7, 11) is 1.51. The highest BCUT2D eigenvalue weighted by Gasteiger charge is 2.14. The van der Waals surface area contributed by atoms with Gasteiger partial charge in [0.05, 0.1) is 5.56 Å². The van der Waals surface area contributed by atoms with Gasteiger partial charge in [0.1, 0.15) is 7.11 Å². The van der Waals surface area contributed by atoms with Crippen LogP contribution in [0.5, 0.6) is 0 Å². The molecule has 0 aromatic heterocycles. The lowest BCUT2D eigenvalue weighted by Crippen LogP contribution is -2.09. The van der Waals surface area contributed by atoms with Crippen molar-refractivity contribution in [3.05, 3.63) is 59.7 Å². The van der Waals surface area contributed by atoms with Crippen molar-refractivity contribution in [2.45, 2.75) is 24.1 Å². The molecule has 2 aromatic carbocycles. The van der Waals surface area contributed by atoms with Gasteiger partial charge in [-0.1, -0.05) is 63.6 Å². The summed E-state index contributed by atoms with van der Waals surface area (Å²) in [4.78, 5) is 16.3. The molecular formula is C19H20BrNO3. The van der Waals surface area contributed by atoms with Crippen LogP contribution in [0.4, 0.5) is 0 Å². The van der Waals surface area contributed by atoms with Crippen LogP contribution >= 0.6 is 15.9 Å². The number of nitrogens with zero attached hydrogens (tertiary/aromatic N) is 1. The molecule has 0 saturated heterocycles. The van der Waals surface area contributed by atoms with E-state index in [2.05, 4.69) is 25.9 Å². The molecule has 1 unspecified atom stereocenters. The summed E-state index contributed by atoms with van der Waals surface area (Å²) in [6.45, 7) is 0. The fourth-order valence-corrected chi connectivity index (χ4v) is 3.12. The van der Waals surface area contributed by atoms with Crippen molar-refractivity contribution in [3.63, 3.8) is 0 Å². The molecule has 2 aromatic rings. The third kappa shape index (κ3) is 5.20. The molecule has 0 aliphatic heterocycles. The van der Waals surface area contributed by atoms with Crippen molar-refractivity contribution in [1.82, 2.24) is 0 Å². The van der Waals surface area contributed by atoms with Crippen LogP contribution in [0.25, 0.3) is 11.1 Å². The largest absolute Gasteiger partial charge is 0.478 e. The average Bonchev–Trinajstić information content (AvgIpc) is 2.59. The second-order valence-electron chi connectivity index (χ2n) is 5.39.